The maximum Gasteiger partial charge on any atom is 0.146 e. The van der Waals surface area contributed by atoms with Gasteiger partial charge in [0.15, 0.2) is 0 Å². The van der Waals surface area contributed by atoms with Crippen molar-refractivity contribution in [2.75, 3.05) is 7.05 Å². The molecule has 0 aliphatic rings. The van der Waals surface area contributed by atoms with Gasteiger partial charge in [0.25, 0.3) is 0 Å². The number of aromatic nitrogens is 1. The largest absolute Gasteiger partial charge is 0.455 e. The molecule has 0 saturated heterocycles. The summed E-state index contributed by atoms with van der Waals surface area (Å²) >= 11 is 6.05. The first kappa shape index (κ1) is 11.9. The van der Waals surface area contributed by atoms with Gasteiger partial charge < -0.3 is 10.1 Å². The number of nitrogens with one attached hydrogen (secondary N) is 1. The van der Waals surface area contributed by atoms with Crippen molar-refractivity contribution in [3.8, 4) is 11.5 Å². The number of para-hydroxylation sites is 1. The number of hydrogen-bond acceptors (Lipinski definition) is 3. The molecule has 17 heavy (non-hydrogen) atoms. The van der Waals surface area contributed by atoms with E-state index in [-0.39, 0.29) is 0 Å². The number of hydrogen-bond donors (Lipinski definition) is 1. The van der Waals surface area contributed by atoms with Crippen LogP contribution in [0.4, 0.5) is 0 Å². The molecule has 0 fully saturated rings. The molecular weight excluding hydrogens is 236 g/mol. The first-order valence-corrected chi connectivity index (χ1v) is 5.69. The van der Waals surface area contributed by atoms with Crippen molar-refractivity contribution in [2.24, 2.45) is 0 Å². The Hall–Kier alpha value is -1.58. The fourth-order valence-corrected chi connectivity index (χ4v) is 1.66. The molecule has 88 valence electrons. The van der Waals surface area contributed by atoms with Gasteiger partial charge in [0.1, 0.15) is 11.5 Å². The van der Waals surface area contributed by atoms with Crippen LogP contribution in [0.3, 0.4) is 0 Å². The Morgan fingerprint density at radius 3 is 2.82 bits per heavy atom. The van der Waals surface area contributed by atoms with Crippen LogP contribution in [0.15, 0.2) is 42.7 Å². The molecule has 1 aromatic carbocycles. The molecule has 0 bridgehead atoms. The summed E-state index contributed by atoms with van der Waals surface area (Å²) in [6.07, 6.45) is 3.48. The summed E-state index contributed by atoms with van der Waals surface area (Å²) in [4.78, 5) is 4.08. The molecule has 0 saturated carbocycles. The van der Waals surface area contributed by atoms with Gasteiger partial charge in [0.05, 0.1) is 5.02 Å². The van der Waals surface area contributed by atoms with Gasteiger partial charge in [-0.25, -0.2) is 0 Å². The van der Waals surface area contributed by atoms with Gasteiger partial charge in [-0.15, -0.1) is 0 Å². The summed E-state index contributed by atoms with van der Waals surface area (Å²) in [7, 11) is 1.88. The molecule has 3 nitrogen and oxygen atoms in total. The monoisotopic (exact) mass is 248 g/mol. The summed E-state index contributed by atoms with van der Waals surface area (Å²) in [6.45, 7) is 0.702. The minimum absolute atomic E-state index is 0.597. The Bertz CT molecular complexity index is 502. The van der Waals surface area contributed by atoms with E-state index in [0.717, 1.165) is 11.3 Å². The van der Waals surface area contributed by atoms with Crippen LogP contribution in [0, 0.1) is 0 Å². The molecule has 1 N–H and O–H groups in total. The predicted molar refractivity (Wildman–Crippen MR) is 68.5 cm³/mol. The molecule has 2 aromatic rings. The Kier molecular flexibility index (Phi) is 3.96. The normalized spacial score (nSPS) is 10.2. The van der Waals surface area contributed by atoms with Crippen LogP contribution in [-0.2, 0) is 6.54 Å². The van der Waals surface area contributed by atoms with Crippen molar-refractivity contribution in [2.45, 2.75) is 6.54 Å². The van der Waals surface area contributed by atoms with Gasteiger partial charge in [0, 0.05) is 24.5 Å². The second-order valence-corrected chi connectivity index (χ2v) is 3.95. The Balaban J connectivity index is 2.27. The Labute approximate surface area is 105 Å². The van der Waals surface area contributed by atoms with E-state index in [1.807, 2.05) is 31.3 Å². The van der Waals surface area contributed by atoms with Crippen LogP contribution in [0.25, 0.3) is 0 Å². The average molecular weight is 249 g/mol. The lowest BCUT2D eigenvalue weighted by Crippen LogP contribution is -2.06. The predicted octanol–water partition coefficient (Wildman–Crippen LogP) is 3.25. The average Bonchev–Trinajstić information content (AvgIpc) is 2.35. The fourth-order valence-electron chi connectivity index (χ4n) is 1.48. The van der Waals surface area contributed by atoms with Crippen molar-refractivity contribution in [3.05, 3.63) is 53.3 Å². The number of benzene rings is 1. The summed E-state index contributed by atoms with van der Waals surface area (Å²) in [5, 5.41) is 3.67. The molecule has 0 unspecified atom stereocenters. The van der Waals surface area contributed by atoms with Crippen LogP contribution in [0.2, 0.25) is 5.02 Å². The van der Waals surface area contributed by atoms with Crippen molar-refractivity contribution in [1.29, 1.82) is 0 Å². The van der Waals surface area contributed by atoms with Gasteiger partial charge in [-0.1, -0.05) is 23.7 Å². The number of ether oxygens (including phenoxy) is 1. The highest BCUT2D eigenvalue weighted by molar-refractivity contribution is 6.32. The summed E-state index contributed by atoms with van der Waals surface area (Å²) in [5.74, 6) is 1.42. The van der Waals surface area contributed by atoms with Crippen LogP contribution < -0.4 is 10.1 Å². The number of nitrogens with zero attached hydrogens (tertiary/aromatic N) is 1. The van der Waals surface area contributed by atoms with Crippen LogP contribution in [0.1, 0.15) is 5.56 Å². The summed E-state index contributed by atoms with van der Waals surface area (Å²) in [5.41, 5.74) is 0.995. The maximum atomic E-state index is 6.05. The highest BCUT2D eigenvalue weighted by Crippen LogP contribution is 2.30. The first-order chi connectivity index (χ1) is 8.31. The van der Waals surface area contributed by atoms with Crippen molar-refractivity contribution < 1.29 is 4.74 Å². The number of rotatable bonds is 4. The Morgan fingerprint density at radius 1 is 1.24 bits per heavy atom. The topological polar surface area (TPSA) is 34.2 Å². The van der Waals surface area contributed by atoms with E-state index in [1.165, 1.54) is 0 Å². The van der Waals surface area contributed by atoms with Gasteiger partial charge in [-0.2, -0.15) is 0 Å². The second kappa shape index (κ2) is 5.66. The zero-order valence-electron chi connectivity index (χ0n) is 9.48. The molecule has 2 rings (SSSR count). The molecule has 0 aliphatic heterocycles. The minimum Gasteiger partial charge on any atom is -0.455 e. The first-order valence-electron chi connectivity index (χ1n) is 5.31. The zero-order chi connectivity index (χ0) is 12.1. The smallest absolute Gasteiger partial charge is 0.146 e. The Morgan fingerprint density at radius 2 is 2.06 bits per heavy atom. The van der Waals surface area contributed by atoms with E-state index in [1.54, 1.807) is 18.5 Å². The molecule has 4 heteroatoms. The lowest BCUT2D eigenvalue weighted by Gasteiger charge is -2.11. The molecule has 0 radical (unpaired) electrons. The standard InChI is InChI=1S/C13H13ClN2O/c1-15-8-10-9-16-7-6-12(10)17-13-5-3-2-4-11(13)14/h2-7,9,15H,8H2,1H3. The molecule has 1 heterocycles. The van der Waals surface area contributed by atoms with Gasteiger partial charge in [-0.3, -0.25) is 4.98 Å². The van der Waals surface area contributed by atoms with E-state index in [9.17, 15) is 0 Å². The van der Waals surface area contributed by atoms with Gasteiger partial charge in [-0.05, 0) is 25.2 Å². The van der Waals surface area contributed by atoms with Crippen molar-refractivity contribution >= 4 is 11.6 Å². The SMILES string of the molecule is CNCc1cnccc1Oc1ccccc1Cl. The van der Waals surface area contributed by atoms with E-state index in [0.29, 0.717) is 17.3 Å². The van der Waals surface area contributed by atoms with E-state index in [4.69, 9.17) is 16.3 Å². The highest BCUT2D eigenvalue weighted by atomic mass is 35.5. The van der Waals surface area contributed by atoms with E-state index >= 15 is 0 Å². The highest BCUT2D eigenvalue weighted by Gasteiger charge is 2.06. The quantitative estimate of drug-likeness (QED) is 0.902. The van der Waals surface area contributed by atoms with E-state index in [2.05, 4.69) is 10.3 Å². The third-order valence-electron chi connectivity index (χ3n) is 2.28. The molecule has 0 aliphatic carbocycles. The second-order valence-electron chi connectivity index (χ2n) is 3.55. The third kappa shape index (κ3) is 2.96. The summed E-state index contributed by atoms with van der Waals surface area (Å²) in [6, 6.07) is 9.23. The van der Waals surface area contributed by atoms with Gasteiger partial charge >= 0.3 is 0 Å². The molecule has 1 aromatic heterocycles. The fraction of sp³-hybridized carbons (Fsp3) is 0.154. The molecule has 0 amide bonds. The zero-order valence-corrected chi connectivity index (χ0v) is 10.2. The maximum absolute atomic E-state index is 6.05. The van der Waals surface area contributed by atoms with Crippen molar-refractivity contribution in [1.82, 2.24) is 10.3 Å². The van der Waals surface area contributed by atoms with E-state index < -0.39 is 0 Å². The molecule has 0 atom stereocenters. The minimum atomic E-state index is 0.597. The van der Waals surface area contributed by atoms with Crippen LogP contribution in [-0.4, -0.2) is 12.0 Å². The molecule has 0 spiro atoms. The lowest BCUT2D eigenvalue weighted by atomic mass is 10.2. The lowest BCUT2D eigenvalue weighted by molar-refractivity contribution is 0.473. The summed E-state index contributed by atoms with van der Waals surface area (Å²) < 4.78 is 5.78. The molecular formula is C13H13ClN2O. The van der Waals surface area contributed by atoms with Crippen LogP contribution in [0.5, 0.6) is 11.5 Å². The third-order valence-corrected chi connectivity index (χ3v) is 2.59. The van der Waals surface area contributed by atoms with Crippen molar-refractivity contribution in [3.63, 3.8) is 0 Å². The van der Waals surface area contributed by atoms with Gasteiger partial charge in [0.2, 0.25) is 0 Å². The number of halogens is 1. The number of pyridine rings is 1. The van der Waals surface area contributed by atoms with Crippen LogP contribution >= 0.6 is 11.6 Å².